The Hall–Kier alpha value is -0.200. The molecule has 2 saturated heterocycles. The minimum atomic E-state index is -1.15. The van der Waals surface area contributed by atoms with Crippen LogP contribution in [0.25, 0.3) is 0 Å². The van der Waals surface area contributed by atoms with Gasteiger partial charge in [0.2, 0.25) is 0 Å². The van der Waals surface area contributed by atoms with Crippen LogP contribution in [0, 0.1) is 0 Å². The van der Waals surface area contributed by atoms with E-state index in [1.807, 2.05) is 0 Å². The summed E-state index contributed by atoms with van der Waals surface area (Å²) in [5.41, 5.74) is 0. The van der Waals surface area contributed by atoms with Crippen LogP contribution in [0.5, 0.6) is 0 Å². The molecule has 3 N–H and O–H groups in total. The zero-order valence-corrected chi connectivity index (χ0v) is 5.75. The molecule has 0 amide bonds. The van der Waals surface area contributed by atoms with Crippen LogP contribution >= 0.6 is 0 Å². The molecule has 0 spiro atoms. The van der Waals surface area contributed by atoms with E-state index in [2.05, 4.69) is 0 Å². The van der Waals surface area contributed by atoms with Crippen LogP contribution in [0.3, 0.4) is 0 Å². The largest absolute Gasteiger partial charge is 0.387 e. The average molecular weight is 162 g/mol. The highest BCUT2D eigenvalue weighted by molar-refractivity contribution is 4.92. The Kier molecular flexibility index (Phi) is 1.62. The zero-order chi connectivity index (χ0) is 8.01. The van der Waals surface area contributed by atoms with Gasteiger partial charge in [-0.25, -0.2) is 0 Å². The molecule has 64 valence electrons. The lowest BCUT2D eigenvalue weighted by Gasteiger charge is -2.32. The van der Waals surface area contributed by atoms with E-state index in [4.69, 9.17) is 14.6 Å². The summed E-state index contributed by atoms with van der Waals surface area (Å²) in [5.74, 6) is 0. The lowest BCUT2D eigenvalue weighted by atomic mass is 10.0. The van der Waals surface area contributed by atoms with E-state index < -0.39 is 30.7 Å². The minimum Gasteiger partial charge on any atom is -0.387 e. The van der Waals surface area contributed by atoms with Crippen molar-refractivity contribution < 1.29 is 24.8 Å². The number of hydrogen-bond donors (Lipinski definition) is 3. The van der Waals surface area contributed by atoms with Gasteiger partial charge in [0, 0.05) is 0 Å². The number of ether oxygens (including phenoxy) is 2. The van der Waals surface area contributed by atoms with E-state index in [0.717, 1.165) is 0 Å². The minimum absolute atomic E-state index is 0.236. The fraction of sp³-hybridized carbons (Fsp3) is 1.00. The Morgan fingerprint density at radius 1 is 1.00 bits per heavy atom. The molecule has 2 aliphatic rings. The predicted octanol–water partition coefficient (Wildman–Crippen LogP) is -2.18. The van der Waals surface area contributed by atoms with Crippen molar-refractivity contribution in [1.82, 2.24) is 0 Å². The quantitative estimate of drug-likeness (QED) is 0.377. The molecule has 0 unspecified atom stereocenters. The summed E-state index contributed by atoms with van der Waals surface area (Å²) < 4.78 is 9.95. The molecule has 0 aliphatic carbocycles. The zero-order valence-electron chi connectivity index (χ0n) is 5.75. The first-order chi connectivity index (χ1) is 5.20. The van der Waals surface area contributed by atoms with E-state index in [0.29, 0.717) is 0 Å². The van der Waals surface area contributed by atoms with Gasteiger partial charge in [-0.1, -0.05) is 0 Å². The van der Waals surface area contributed by atoms with Gasteiger partial charge in [0.05, 0.1) is 6.61 Å². The average Bonchev–Trinajstić information content (AvgIpc) is 2.44. The van der Waals surface area contributed by atoms with Crippen LogP contribution in [0.15, 0.2) is 0 Å². The smallest absolute Gasteiger partial charge is 0.186 e. The second-order valence-electron chi connectivity index (χ2n) is 2.85. The summed E-state index contributed by atoms with van der Waals surface area (Å²) in [7, 11) is 0. The van der Waals surface area contributed by atoms with Gasteiger partial charge in [-0.05, 0) is 0 Å². The van der Waals surface area contributed by atoms with Crippen LogP contribution in [0.2, 0.25) is 0 Å². The predicted molar refractivity (Wildman–Crippen MR) is 32.6 cm³/mol. The number of aliphatic hydroxyl groups excluding tert-OH is 3. The van der Waals surface area contributed by atoms with Gasteiger partial charge in [0.15, 0.2) is 6.29 Å². The molecule has 5 nitrogen and oxygen atoms in total. The first-order valence-electron chi connectivity index (χ1n) is 3.51. The standard InChI is InChI=1S/C6H10O5/c7-3-2-1-10-6(11-2)5(9)4(3)8/h2-9H,1H2/t2-,3-,4-,5-,6-/m0/s1. The maximum absolute atomic E-state index is 9.22. The second kappa shape index (κ2) is 2.40. The molecule has 0 aromatic carbocycles. The normalized spacial score (nSPS) is 56.5. The maximum Gasteiger partial charge on any atom is 0.186 e. The molecular formula is C6H10O5. The molecule has 5 atom stereocenters. The summed E-state index contributed by atoms with van der Waals surface area (Å²) in [5, 5.41) is 27.6. The monoisotopic (exact) mass is 162 g/mol. The summed E-state index contributed by atoms with van der Waals surface area (Å²) >= 11 is 0. The van der Waals surface area contributed by atoms with Crippen molar-refractivity contribution in [2.24, 2.45) is 0 Å². The van der Waals surface area contributed by atoms with E-state index in [1.54, 1.807) is 0 Å². The van der Waals surface area contributed by atoms with Gasteiger partial charge in [0.1, 0.15) is 24.4 Å². The van der Waals surface area contributed by atoms with Crippen molar-refractivity contribution in [2.45, 2.75) is 30.7 Å². The van der Waals surface area contributed by atoms with Crippen LogP contribution in [0.4, 0.5) is 0 Å². The summed E-state index contributed by atoms with van der Waals surface area (Å²) in [6, 6.07) is 0. The lowest BCUT2D eigenvalue weighted by Crippen LogP contribution is -2.53. The Balaban J connectivity index is 2.16. The SMILES string of the molecule is O[C@@H]1[C@H](O)[C@H]2OC[C@H](O2)[C@@H]1O. The van der Waals surface area contributed by atoms with Gasteiger partial charge in [-0.15, -0.1) is 0 Å². The van der Waals surface area contributed by atoms with Crippen molar-refractivity contribution in [3.8, 4) is 0 Å². The highest BCUT2D eigenvalue weighted by Crippen LogP contribution is 2.27. The van der Waals surface area contributed by atoms with Crippen LogP contribution in [-0.2, 0) is 9.47 Å². The van der Waals surface area contributed by atoms with E-state index >= 15 is 0 Å². The fourth-order valence-electron chi connectivity index (χ4n) is 1.38. The van der Waals surface area contributed by atoms with Crippen LogP contribution < -0.4 is 0 Å². The number of hydrogen-bond acceptors (Lipinski definition) is 5. The van der Waals surface area contributed by atoms with Crippen molar-refractivity contribution in [1.29, 1.82) is 0 Å². The van der Waals surface area contributed by atoms with Crippen LogP contribution in [-0.4, -0.2) is 52.6 Å². The van der Waals surface area contributed by atoms with Crippen molar-refractivity contribution in [3.63, 3.8) is 0 Å². The van der Waals surface area contributed by atoms with E-state index in [1.165, 1.54) is 0 Å². The van der Waals surface area contributed by atoms with Crippen LogP contribution in [0.1, 0.15) is 0 Å². The first-order valence-corrected chi connectivity index (χ1v) is 3.51. The molecule has 2 bridgehead atoms. The molecule has 2 fully saturated rings. The van der Waals surface area contributed by atoms with Gasteiger partial charge in [-0.3, -0.25) is 0 Å². The fourth-order valence-corrected chi connectivity index (χ4v) is 1.38. The summed E-state index contributed by atoms with van der Waals surface area (Å²) in [6.45, 7) is 0.236. The van der Waals surface area contributed by atoms with E-state index in [-0.39, 0.29) is 6.61 Å². The second-order valence-corrected chi connectivity index (χ2v) is 2.85. The number of rotatable bonds is 0. The lowest BCUT2D eigenvalue weighted by molar-refractivity contribution is -0.228. The topological polar surface area (TPSA) is 79.2 Å². The maximum atomic E-state index is 9.22. The number of fused-ring (bicyclic) bond motifs is 2. The van der Waals surface area contributed by atoms with Gasteiger partial charge < -0.3 is 24.8 Å². The third-order valence-corrected chi connectivity index (χ3v) is 2.09. The molecular weight excluding hydrogens is 152 g/mol. The van der Waals surface area contributed by atoms with Crippen molar-refractivity contribution >= 4 is 0 Å². The third kappa shape index (κ3) is 0.969. The summed E-state index contributed by atoms with van der Waals surface area (Å²) in [4.78, 5) is 0. The molecule has 0 radical (unpaired) electrons. The third-order valence-electron chi connectivity index (χ3n) is 2.09. The highest BCUT2D eigenvalue weighted by atomic mass is 16.7. The molecule has 5 heteroatoms. The molecule has 2 rings (SSSR count). The van der Waals surface area contributed by atoms with Gasteiger partial charge in [-0.2, -0.15) is 0 Å². The Bertz CT molecular complexity index is 141. The molecule has 0 saturated carbocycles. The number of aliphatic hydroxyl groups is 3. The molecule has 11 heavy (non-hydrogen) atoms. The molecule has 0 aromatic rings. The van der Waals surface area contributed by atoms with E-state index in [9.17, 15) is 10.2 Å². The van der Waals surface area contributed by atoms with Gasteiger partial charge >= 0.3 is 0 Å². The molecule has 2 aliphatic heterocycles. The Morgan fingerprint density at radius 3 is 2.45 bits per heavy atom. The summed E-state index contributed by atoms with van der Waals surface area (Å²) in [6.07, 6.45) is -4.58. The van der Waals surface area contributed by atoms with Gasteiger partial charge in [0.25, 0.3) is 0 Å². The Morgan fingerprint density at radius 2 is 1.73 bits per heavy atom. The molecule has 0 aromatic heterocycles. The van der Waals surface area contributed by atoms with Crippen molar-refractivity contribution in [3.05, 3.63) is 0 Å². The Labute approximate surface area is 63.2 Å². The first kappa shape index (κ1) is 7.45. The highest BCUT2D eigenvalue weighted by Gasteiger charge is 2.48. The van der Waals surface area contributed by atoms with Crippen molar-refractivity contribution in [2.75, 3.05) is 6.61 Å². The molecule has 2 heterocycles.